The van der Waals surface area contributed by atoms with Crippen LogP contribution >= 0.6 is 0 Å². The van der Waals surface area contributed by atoms with Crippen molar-refractivity contribution in [3.8, 4) is 5.75 Å². The van der Waals surface area contributed by atoms with E-state index in [-0.39, 0.29) is 5.91 Å². The topological polar surface area (TPSA) is 79.0 Å². The van der Waals surface area contributed by atoms with Crippen molar-refractivity contribution in [2.45, 2.75) is 26.4 Å². The van der Waals surface area contributed by atoms with Gasteiger partial charge in [-0.2, -0.15) is 5.10 Å². The van der Waals surface area contributed by atoms with Crippen LogP contribution in [0.15, 0.2) is 24.3 Å². The van der Waals surface area contributed by atoms with Crippen LogP contribution in [0, 0.1) is 0 Å². The number of carbonyl (C=O) groups is 1. The van der Waals surface area contributed by atoms with E-state index in [1.165, 1.54) is 0 Å². The fourth-order valence-corrected chi connectivity index (χ4v) is 2.59. The first-order chi connectivity index (χ1) is 10.8. The molecule has 2 heterocycles. The van der Waals surface area contributed by atoms with Gasteiger partial charge in [-0.3, -0.25) is 9.89 Å². The molecule has 0 saturated heterocycles. The Bertz CT molecular complexity index is 666. The molecule has 1 aromatic carbocycles. The molecule has 6 nitrogen and oxygen atoms in total. The minimum absolute atomic E-state index is 0.150. The Kier molecular flexibility index (Phi) is 4.39. The fraction of sp³-hybridized carbons (Fsp3) is 0.375. The summed E-state index contributed by atoms with van der Waals surface area (Å²) in [5.74, 6) is 0.665. The van der Waals surface area contributed by atoms with Gasteiger partial charge in [0.05, 0.1) is 6.61 Å². The summed E-state index contributed by atoms with van der Waals surface area (Å²) in [6, 6.07) is 7.73. The molecule has 0 aliphatic carbocycles. The van der Waals surface area contributed by atoms with Crippen LogP contribution in [0.4, 0.5) is 0 Å². The maximum atomic E-state index is 12.3. The molecule has 0 bridgehead atoms. The average molecular weight is 300 g/mol. The number of aromatic amines is 1. The van der Waals surface area contributed by atoms with E-state index in [1.807, 2.05) is 31.2 Å². The second-order valence-corrected chi connectivity index (χ2v) is 5.22. The number of amides is 1. The van der Waals surface area contributed by atoms with Gasteiger partial charge in [-0.25, -0.2) is 0 Å². The highest BCUT2D eigenvalue weighted by Gasteiger charge is 2.21. The lowest BCUT2D eigenvalue weighted by atomic mass is 10.1. The molecule has 0 spiro atoms. The molecule has 2 aromatic rings. The Morgan fingerprint density at radius 2 is 2.36 bits per heavy atom. The molecule has 1 amide bonds. The molecule has 1 aliphatic heterocycles. The van der Waals surface area contributed by atoms with E-state index in [0.717, 1.165) is 35.5 Å². The number of nitrogens with one attached hydrogen (secondary N) is 3. The third kappa shape index (κ3) is 3.12. The zero-order chi connectivity index (χ0) is 15.4. The lowest BCUT2D eigenvalue weighted by Gasteiger charge is -2.13. The van der Waals surface area contributed by atoms with E-state index in [1.54, 1.807) is 0 Å². The van der Waals surface area contributed by atoms with Crippen LogP contribution in [-0.4, -0.2) is 29.3 Å². The molecule has 0 radical (unpaired) electrons. The van der Waals surface area contributed by atoms with Gasteiger partial charge in [-0.05, 0) is 24.6 Å². The summed E-state index contributed by atoms with van der Waals surface area (Å²) in [5, 5.41) is 13.3. The molecule has 1 aliphatic rings. The lowest BCUT2D eigenvalue weighted by molar-refractivity contribution is 0.0944. The summed E-state index contributed by atoms with van der Waals surface area (Å²) in [5.41, 5.74) is 3.53. The minimum atomic E-state index is -0.150. The summed E-state index contributed by atoms with van der Waals surface area (Å²) < 4.78 is 5.46. The van der Waals surface area contributed by atoms with Gasteiger partial charge < -0.3 is 15.4 Å². The van der Waals surface area contributed by atoms with E-state index in [4.69, 9.17) is 4.74 Å². The van der Waals surface area contributed by atoms with Crippen molar-refractivity contribution in [2.75, 3.05) is 13.2 Å². The highest BCUT2D eigenvalue weighted by Crippen LogP contribution is 2.16. The highest BCUT2D eigenvalue weighted by atomic mass is 16.5. The average Bonchev–Trinajstić information content (AvgIpc) is 2.97. The molecule has 3 N–H and O–H groups in total. The molecule has 0 unspecified atom stereocenters. The predicted octanol–water partition coefficient (Wildman–Crippen LogP) is 1.38. The normalized spacial score (nSPS) is 13.5. The van der Waals surface area contributed by atoms with E-state index in [9.17, 15) is 4.79 Å². The van der Waals surface area contributed by atoms with Crippen molar-refractivity contribution < 1.29 is 9.53 Å². The first-order valence-electron chi connectivity index (χ1n) is 7.54. The smallest absolute Gasteiger partial charge is 0.272 e. The fourth-order valence-electron chi connectivity index (χ4n) is 2.59. The number of nitrogens with zero attached hydrogens (tertiary/aromatic N) is 1. The molecule has 116 valence electrons. The number of fused-ring (bicyclic) bond motifs is 1. The Morgan fingerprint density at radius 1 is 1.45 bits per heavy atom. The molecule has 0 atom stereocenters. The summed E-state index contributed by atoms with van der Waals surface area (Å²) in [4.78, 5) is 12.3. The monoisotopic (exact) mass is 300 g/mol. The summed E-state index contributed by atoms with van der Waals surface area (Å²) in [7, 11) is 0. The maximum absolute atomic E-state index is 12.3. The number of hydrogen-bond donors (Lipinski definition) is 3. The van der Waals surface area contributed by atoms with Crippen LogP contribution in [0.25, 0.3) is 0 Å². The van der Waals surface area contributed by atoms with E-state index >= 15 is 0 Å². The van der Waals surface area contributed by atoms with Gasteiger partial charge in [0.25, 0.3) is 5.91 Å². The number of ether oxygens (including phenoxy) is 1. The summed E-state index contributed by atoms with van der Waals surface area (Å²) in [6.45, 7) is 4.63. The number of rotatable bonds is 5. The Morgan fingerprint density at radius 3 is 3.23 bits per heavy atom. The molecule has 22 heavy (non-hydrogen) atoms. The van der Waals surface area contributed by atoms with Crippen LogP contribution in [0.3, 0.4) is 0 Å². The van der Waals surface area contributed by atoms with Crippen LogP contribution in [0.5, 0.6) is 5.75 Å². The first kappa shape index (κ1) is 14.6. The van der Waals surface area contributed by atoms with Gasteiger partial charge in [-0.15, -0.1) is 0 Å². The van der Waals surface area contributed by atoms with Crippen molar-refractivity contribution in [2.24, 2.45) is 0 Å². The van der Waals surface area contributed by atoms with E-state index in [2.05, 4.69) is 20.8 Å². The SMILES string of the molecule is CCOc1cccc(CNC(=O)c2n[nH]c3c2CNCC3)c1. The van der Waals surface area contributed by atoms with Gasteiger partial charge in [0, 0.05) is 37.3 Å². The first-order valence-corrected chi connectivity index (χ1v) is 7.54. The predicted molar refractivity (Wildman–Crippen MR) is 82.8 cm³/mol. The molecule has 3 rings (SSSR count). The summed E-state index contributed by atoms with van der Waals surface area (Å²) in [6.07, 6.45) is 0.881. The lowest BCUT2D eigenvalue weighted by Crippen LogP contribution is -2.28. The van der Waals surface area contributed by atoms with Crippen molar-refractivity contribution >= 4 is 5.91 Å². The van der Waals surface area contributed by atoms with Gasteiger partial charge in [-0.1, -0.05) is 12.1 Å². The van der Waals surface area contributed by atoms with Crippen molar-refractivity contribution in [1.29, 1.82) is 0 Å². The van der Waals surface area contributed by atoms with Crippen LogP contribution in [0.1, 0.15) is 34.2 Å². The number of carbonyl (C=O) groups excluding carboxylic acids is 1. The third-order valence-corrected chi connectivity index (χ3v) is 3.68. The third-order valence-electron chi connectivity index (χ3n) is 3.68. The van der Waals surface area contributed by atoms with Crippen molar-refractivity contribution in [1.82, 2.24) is 20.8 Å². The number of hydrogen-bond acceptors (Lipinski definition) is 4. The largest absolute Gasteiger partial charge is 0.494 e. The van der Waals surface area contributed by atoms with Crippen molar-refractivity contribution in [3.05, 3.63) is 46.8 Å². The number of H-pyrrole nitrogens is 1. The molecule has 1 aromatic heterocycles. The number of aromatic nitrogens is 2. The maximum Gasteiger partial charge on any atom is 0.272 e. The van der Waals surface area contributed by atoms with E-state index in [0.29, 0.717) is 25.4 Å². The molecular weight excluding hydrogens is 280 g/mol. The van der Waals surface area contributed by atoms with Crippen molar-refractivity contribution in [3.63, 3.8) is 0 Å². The highest BCUT2D eigenvalue weighted by molar-refractivity contribution is 5.94. The van der Waals surface area contributed by atoms with Gasteiger partial charge in [0.15, 0.2) is 5.69 Å². The Labute approximate surface area is 129 Å². The standard InChI is InChI=1S/C16H20N4O2/c1-2-22-12-5-3-4-11(8-12)9-18-16(21)15-13-10-17-7-6-14(13)19-20-15/h3-5,8,17H,2,6-7,9-10H2,1H3,(H,18,21)(H,19,20). The minimum Gasteiger partial charge on any atom is -0.494 e. The zero-order valence-corrected chi connectivity index (χ0v) is 12.6. The van der Waals surface area contributed by atoms with Gasteiger partial charge in [0.1, 0.15) is 5.75 Å². The van der Waals surface area contributed by atoms with Gasteiger partial charge >= 0.3 is 0 Å². The summed E-state index contributed by atoms with van der Waals surface area (Å²) >= 11 is 0. The second-order valence-electron chi connectivity index (χ2n) is 5.22. The van der Waals surface area contributed by atoms with Crippen LogP contribution < -0.4 is 15.4 Å². The molecular formula is C16H20N4O2. The van der Waals surface area contributed by atoms with Gasteiger partial charge in [0.2, 0.25) is 0 Å². The second kappa shape index (κ2) is 6.62. The molecule has 0 saturated carbocycles. The van der Waals surface area contributed by atoms with Crippen LogP contribution in [-0.2, 0) is 19.5 Å². The van der Waals surface area contributed by atoms with Crippen LogP contribution in [0.2, 0.25) is 0 Å². The Balaban J connectivity index is 1.65. The Hall–Kier alpha value is -2.34. The molecule has 6 heteroatoms. The zero-order valence-electron chi connectivity index (χ0n) is 12.6. The number of benzene rings is 1. The molecule has 0 fully saturated rings. The van der Waals surface area contributed by atoms with E-state index < -0.39 is 0 Å². The quantitative estimate of drug-likeness (QED) is 0.779.